The Labute approximate surface area is 182 Å². The van der Waals surface area contributed by atoms with Crippen molar-refractivity contribution in [3.05, 3.63) is 74.2 Å². The van der Waals surface area contributed by atoms with Gasteiger partial charge in [-0.15, -0.1) is 0 Å². The van der Waals surface area contributed by atoms with E-state index in [1.807, 2.05) is 0 Å². The fourth-order valence-corrected chi connectivity index (χ4v) is 8.89. The summed E-state index contributed by atoms with van der Waals surface area (Å²) in [6.45, 7) is 9.80. The maximum atomic E-state index is 2.59. The van der Waals surface area contributed by atoms with Crippen LogP contribution in [0.4, 0.5) is 0 Å². The predicted octanol–water partition coefficient (Wildman–Crippen LogP) is -0.689. The van der Waals surface area contributed by atoms with Crippen LogP contribution in [-0.2, 0) is 29.7 Å². The van der Waals surface area contributed by atoms with Gasteiger partial charge in [0.1, 0.15) is 0 Å². The van der Waals surface area contributed by atoms with E-state index in [9.17, 15) is 0 Å². The van der Waals surface area contributed by atoms with Gasteiger partial charge >= 0.3 is 159 Å². The van der Waals surface area contributed by atoms with Crippen molar-refractivity contribution in [3.8, 4) is 11.1 Å². The molecule has 1 unspecified atom stereocenters. The Hall–Kier alpha value is -0.400. The molecule has 0 saturated heterocycles. The van der Waals surface area contributed by atoms with E-state index in [1.54, 1.807) is 17.3 Å². The second kappa shape index (κ2) is 8.31. The van der Waals surface area contributed by atoms with Gasteiger partial charge in [0.2, 0.25) is 0 Å². The largest absolute Gasteiger partial charge is 1.00 e. The zero-order valence-corrected chi connectivity index (χ0v) is 20.7. The number of rotatable bonds is 3. The van der Waals surface area contributed by atoms with Crippen molar-refractivity contribution < 1.29 is 48.0 Å². The summed E-state index contributed by atoms with van der Waals surface area (Å²) in [5.74, 6) is 0.665. The van der Waals surface area contributed by atoms with Gasteiger partial charge < -0.3 is 24.8 Å². The quantitative estimate of drug-likeness (QED) is 0.438. The van der Waals surface area contributed by atoms with Crippen molar-refractivity contribution in [1.82, 2.24) is 0 Å². The summed E-state index contributed by atoms with van der Waals surface area (Å²) in [7, 11) is -1.19. The molecule has 2 aromatic carbocycles. The van der Waals surface area contributed by atoms with Crippen LogP contribution in [0, 0.1) is 5.92 Å². The monoisotopic (exact) mass is 476 g/mol. The molecule has 0 fully saturated rings. The summed E-state index contributed by atoms with van der Waals surface area (Å²) >= 11 is -0.708. The van der Waals surface area contributed by atoms with Crippen LogP contribution in [0.15, 0.2) is 63.1 Å². The molecule has 2 aromatic rings. The van der Waals surface area contributed by atoms with Crippen LogP contribution in [0.3, 0.4) is 0 Å². The first-order chi connectivity index (χ1) is 11.4. The van der Waals surface area contributed by atoms with E-state index in [1.165, 1.54) is 16.7 Å². The summed E-state index contributed by atoms with van der Waals surface area (Å²) in [6.07, 6.45) is 6.28. The fraction of sp³-hybridized carbons (Fsp3) is 0.273. The molecule has 0 aromatic heterocycles. The van der Waals surface area contributed by atoms with E-state index in [-0.39, 0.29) is 24.8 Å². The Balaban J connectivity index is 0.00000121. The molecule has 2 aliphatic carbocycles. The Kier molecular flexibility index (Phi) is 7.00. The molecule has 0 radical (unpaired) electrons. The number of allylic oxidation sites excluding steroid dienone is 4. The molecule has 0 bridgehead atoms. The second-order valence-corrected chi connectivity index (χ2v) is 16.5. The average molecular weight is 479 g/mol. The van der Waals surface area contributed by atoms with E-state index in [0.29, 0.717) is 5.92 Å². The Morgan fingerprint density at radius 2 is 1.62 bits per heavy atom. The maximum absolute atomic E-state index is 2.59. The van der Waals surface area contributed by atoms with Crippen LogP contribution < -0.4 is 28.1 Å². The zero-order valence-electron chi connectivity index (χ0n) is 15.7. The van der Waals surface area contributed by atoms with Crippen molar-refractivity contribution in [2.24, 2.45) is 5.92 Å². The molecule has 2 aliphatic rings. The molecule has 26 heavy (non-hydrogen) atoms. The first kappa shape index (κ1) is 21.9. The van der Waals surface area contributed by atoms with Crippen LogP contribution in [0.1, 0.15) is 18.1 Å². The molecule has 0 spiro atoms. The molecule has 0 aliphatic heterocycles. The molecule has 0 saturated carbocycles. The number of benzene rings is 2. The summed E-state index contributed by atoms with van der Waals surface area (Å²) in [5, 5.41) is 1.67. The SMILES string of the molecule is CC1C=C([Si](C)(C)C)C=[C]1[Zr+2][c]1cccc2c1Cc1ccccc1-2.[Cl-].[Cl-]. The van der Waals surface area contributed by atoms with Gasteiger partial charge in [0.25, 0.3) is 0 Å². The average Bonchev–Trinajstić information content (AvgIpc) is 3.09. The van der Waals surface area contributed by atoms with Gasteiger partial charge in [-0.2, -0.15) is 0 Å². The number of fused-ring (bicyclic) bond motifs is 3. The van der Waals surface area contributed by atoms with Crippen molar-refractivity contribution in [3.63, 3.8) is 0 Å². The number of hydrogen-bond acceptors (Lipinski definition) is 0. The topological polar surface area (TPSA) is 0 Å². The number of hydrogen-bond donors (Lipinski definition) is 0. The van der Waals surface area contributed by atoms with Gasteiger partial charge in [0.15, 0.2) is 0 Å². The molecule has 1 atom stereocenters. The summed E-state index contributed by atoms with van der Waals surface area (Å²) in [5.41, 5.74) is 6.09. The molecule has 0 amide bonds. The smallest absolute Gasteiger partial charge is 1.00 e. The van der Waals surface area contributed by atoms with Gasteiger partial charge in [-0.25, -0.2) is 0 Å². The molecule has 134 valence electrons. The normalized spacial score (nSPS) is 17.2. The minimum atomic E-state index is -1.19. The Morgan fingerprint density at radius 1 is 0.923 bits per heavy atom. The Bertz CT molecular complexity index is 878. The van der Waals surface area contributed by atoms with Crippen LogP contribution in [0.5, 0.6) is 0 Å². The summed E-state index contributed by atoms with van der Waals surface area (Å²) < 4.78 is 3.45. The first-order valence-corrected chi connectivity index (χ1v) is 14.8. The standard InChI is InChI=1S/C13H9.C9H15Si.2ClH.Zr/c1-3-7-12-10(5-1)9-11-6-2-4-8-13(11)12;1-8-5-6-9(7-8)10(2,3)4;;;/h1-5,7-8H,9H2;6-8H,1-4H3;2*1H;/q;;;;+2/p-2. The first-order valence-electron chi connectivity index (χ1n) is 8.84. The second-order valence-electron chi connectivity index (χ2n) is 8.05. The van der Waals surface area contributed by atoms with Gasteiger partial charge in [-0.05, 0) is 0 Å². The minimum Gasteiger partial charge on any atom is -1.00 e. The van der Waals surface area contributed by atoms with Gasteiger partial charge in [0, 0.05) is 0 Å². The number of halogens is 2. The molecular formula is C22H24Cl2SiZr. The summed E-state index contributed by atoms with van der Waals surface area (Å²) in [4.78, 5) is 0. The molecular weight excluding hydrogens is 454 g/mol. The van der Waals surface area contributed by atoms with E-state index < -0.39 is 31.3 Å². The molecule has 4 rings (SSSR count). The van der Waals surface area contributed by atoms with Gasteiger partial charge in [0.05, 0.1) is 0 Å². The van der Waals surface area contributed by atoms with E-state index in [4.69, 9.17) is 0 Å². The van der Waals surface area contributed by atoms with Crippen LogP contribution >= 0.6 is 0 Å². The zero-order chi connectivity index (χ0) is 16.9. The molecule has 0 heterocycles. The van der Waals surface area contributed by atoms with Gasteiger partial charge in [-0.3, -0.25) is 0 Å². The predicted molar refractivity (Wildman–Crippen MR) is 103 cm³/mol. The van der Waals surface area contributed by atoms with E-state index >= 15 is 0 Å². The van der Waals surface area contributed by atoms with Crippen molar-refractivity contribution in [1.29, 1.82) is 0 Å². The molecule has 0 N–H and O–H groups in total. The van der Waals surface area contributed by atoms with Crippen LogP contribution in [0.25, 0.3) is 11.1 Å². The van der Waals surface area contributed by atoms with E-state index in [0.717, 1.165) is 6.42 Å². The van der Waals surface area contributed by atoms with Crippen molar-refractivity contribution in [2.45, 2.75) is 33.0 Å². The van der Waals surface area contributed by atoms with Crippen molar-refractivity contribution >= 4 is 11.3 Å². The minimum absolute atomic E-state index is 0. The molecule has 0 nitrogen and oxygen atoms in total. The third-order valence-electron chi connectivity index (χ3n) is 5.23. The van der Waals surface area contributed by atoms with Crippen LogP contribution in [-0.4, -0.2) is 8.07 Å². The Morgan fingerprint density at radius 3 is 2.31 bits per heavy atom. The third kappa shape index (κ3) is 4.04. The van der Waals surface area contributed by atoms with Crippen molar-refractivity contribution in [2.75, 3.05) is 0 Å². The van der Waals surface area contributed by atoms with Crippen LogP contribution in [0.2, 0.25) is 19.6 Å². The maximum Gasteiger partial charge on any atom is -1.00 e. The van der Waals surface area contributed by atoms with Gasteiger partial charge in [-0.1, -0.05) is 0 Å². The molecule has 4 heteroatoms. The fourth-order valence-electron chi connectivity index (χ4n) is 3.75. The third-order valence-corrected chi connectivity index (χ3v) is 11.3. The van der Waals surface area contributed by atoms with E-state index in [2.05, 4.69) is 81.2 Å². The summed E-state index contributed by atoms with van der Waals surface area (Å²) in [6, 6.07) is 16.0.